The molecule has 2 bridgehead atoms. The molecule has 8 heteroatoms. The molecule has 7 atom stereocenters. The quantitative estimate of drug-likeness (QED) is 0.304. The summed E-state index contributed by atoms with van der Waals surface area (Å²) in [6, 6.07) is -1.22. The van der Waals surface area contributed by atoms with E-state index in [0.717, 1.165) is 25.7 Å². The molecule has 0 saturated carbocycles. The maximum absolute atomic E-state index is 14.3. The van der Waals surface area contributed by atoms with E-state index in [1.807, 2.05) is 20.8 Å². The van der Waals surface area contributed by atoms with Gasteiger partial charge in [-0.3, -0.25) is 14.4 Å². The second kappa shape index (κ2) is 11.1. The molecule has 196 valence electrons. The second-order valence-corrected chi connectivity index (χ2v) is 12.4. The van der Waals surface area contributed by atoms with Gasteiger partial charge in [0.15, 0.2) is 0 Å². The molecule has 1 N–H and O–H groups in total. The Morgan fingerprint density at radius 1 is 1.31 bits per heavy atom. The van der Waals surface area contributed by atoms with Crippen LogP contribution in [0.4, 0.5) is 0 Å². The van der Waals surface area contributed by atoms with Gasteiger partial charge >= 0.3 is 5.97 Å². The van der Waals surface area contributed by atoms with E-state index >= 15 is 0 Å². The Hall–Kier alpha value is -1.80. The summed E-state index contributed by atoms with van der Waals surface area (Å²) in [5.74, 6) is -1.98. The molecule has 0 radical (unpaired) electrons. The fourth-order valence-corrected chi connectivity index (χ4v) is 8.70. The Balaban J connectivity index is 2.12. The third-order valence-corrected chi connectivity index (χ3v) is 10.3. The van der Waals surface area contributed by atoms with Gasteiger partial charge in [-0.15, -0.1) is 18.3 Å². The minimum atomic E-state index is -0.730. The number of carbonyl (C=O) groups excluding carboxylic acids is 3. The van der Waals surface area contributed by atoms with Gasteiger partial charge in [-0.25, -0.2) is 0 Å². The van der Waals surface area contributed by atoms with Crippen LogP contribution in [0.5, 0.6) is 0 Å². The molecule has 3 rings (SSSR count). The zero-order chi connectivity index (χ0) is 26.0. The fraction of sp³-hybridized carbons (Fsp3) is 0.741. The van der Waals surface area contributed by atoms with Crippen molar-refractivity contribution in [2.75, 3.05) is 26.3 Å². The average Bonchev–Trinajstić information content (AvgIpc) is 3.41. The summed E-state index contributed by atoms with van der Waals surface area (Å²) in [6.07, 6.45) is 7.21. The zero-order valence-electron chi connectivity index (χ0n) is 21.7. The van der Waals surface area contributed by atoms with E-state index in [4.69, 9.17) is 4.74 Å². The largest absolute Gasteiger partial charge is 0.461 e. The standard InChI is InChI=1S/C27H42N2O5S/c1-7-11-15-28(14-8-2)24(32)22-27-13-12-26(6,35-27)21(25(33)34-16-9-3)20(27)23(31)29(22)19(17-30)18(5)10-4/h8-9,18-22,30H,2-3,7,10-17H2,1,4-6H3/t18-,19-,20-,21+,22?,26-,27?/m0/s1. The molecule has 0 aromatic rings. The Labute approximate surface area is 214 Å². The normalized spacial score (nSPS) is 32.8. The summed E-state index contributed by atoms with van der Waals surface area (Å²) in [4.78, 5) is 45.2. The van der Waals surface area contributed by atoms with Crippen molar-refractivity contribution in [3.63, 3.8) is 0 Å². The maximum Gasteiger partial charge on any atom is 0.311 e. The van der Waals surface area contributed by atoms with Crippen LogP contribution in [0.2, 0.25) is 0 Å². The van der Waals surface area contributed by atoms with E-state index in [-0.39, 0.29) is 30.9 Å². The maximum atomic E-state index is 14.3. The van der Waals surface area contributed by atoms with Crippen molar-refractivity contribution in [2.24, 2.45) is 17.8 Å². The molecule has 35 heavy (non-hydrogen) atoms. The number of aliphatic hydroxyl groups is 1. The molecule has 3 aliphatic rings. The molecule has 0 aliphatic carbocycles. The van der Waals surface area contributed by atoms with Crippen LogP contribution in [0.25, 0.3) is 0 Å². The molecular formula is C27H42N2O5S. The van der Waals surface area contributed by atoms with Gasteiger partial charge in [0.25, 0.3) is 0 Å². The summed E-state index contributed by atoms with van der Waals surface area (Å²) in [7, 11) is 0. The van der Waals surface area contributed by atoms with Gasteiger partial charge in [0.1, 0.15) is 12.6 Å². The number of likely N-dealkylation sites (tertiary alicyclic amines) is 1. The molecule has 3 saturated heterocycles. The molecule has 3 heterocycles. The first-order chi connectivity index (χ1) is 16.7. The van der Waals surface area contributed by atoms with E-state index in [2.05, 4.69) is 20.1 Å². The third kappa shape index (κ3) is 4.57. The number of aliphatic hydroxyl groups excluding tert-OH is 1. The number of unbranched alkanes of at least 4 members (excludes halogenated alkanes) is 1. The molecule has 3 aliphatic heterocycles. The molecular weight excluding hydrogens is 464 g/mol. The highest BCUT2D eigenvalue weighted by Crippen LogP contribution is 2.72. The van der Waals surface area contributed by atoms with Gasteiger partial charge in [-0.05, 0) is 32.1 Å². The second-order valence-electron chi connectivity index (χ2n) is 10.5. The van der Waals surface area contributed by atoms with Crippen LogP contribution in [0, 0.1) is 17.8 Å². The number of carbonyl (C=O) groups is 3. The number of thioether (sulfide) groups is 1. The van der Waals surface area contributed by atoms with Crippen molar-refractivity contribution >= 4 is 29.5 Å². The Morgan fingerprint density at radius 3 is 2.60 bits per heavy atom. The molecule has 2 amide bonds. The number of hydrogen-bond acceptors (Lipinski definition) is 6. The lowest BCUT2D eigenvalue weighted by Gasteiger charge is -2.41. The Kier molecular flexibility index (Phi) is 8.79. The zero-order valence-corrected chi connectivity index (χ0v) is 22.5. The Bertz CT molecular complexity index is 849. The van der Waals surface area contributed by atoms with Crippen LogP contribution >= 0.6 is 11.8 Å². The van der Waals surface area contributed by atoms with Crippen molar-refractivity contribution in [1.29, 1.82) is 0 Å². The van der Waals surface area contributed by atoms with Crippen LogP contribution in [-0.4, -0.2) is 80.6 Å². The van der Waals surface area contributed by atoms with E-state index in [9.17, 15) is 19.5 Å². The van der Waals surface area contributed by atoms with Gasteiger partial charge in [-0.1, -0.05) is 52.3 Å². The molecule has 2 unspecified atom stereocenters. The van der Waals surface area contributed by atoms with Crippen LogP contribution in [0.1, 0.15) is 59.8 Å². The number of hydrogen-bond donors (Lipinski definition) is 1. The Morgan fingerprint density at radius 2 is 2.03 bits per heavy atom. The van der Waals surface area contributed by atoms with E-state index in [0.29, 0.717) is 19.5 Å². The van der Waals surface area contributed by atoms with Crippen molar-refractivity contribution in [2.45, 2.75) is 81.4 Å². The highest BCUT2D eigenvalue weighted by molar-refractivity contribution is 8.02. The van der Waals surface area contributed by atoms with Crippen LogP contribution in [0.15, 0.2) is 25.3 Å². The SMILES string of the molecule is C=CCOC(=O)[C@H]1[C@H]2C(=O)N([C@@H](CO)[C@@H](C)CC)C(C(=O)N(CC=C)CCCC)C23CC[C@]1(C)S3. The fourth-order valence-electron chi connectivity index (χ4n) is 6.37. The molecule has 1 spiro atoms. The lowest BCUT2D eigenvalue weighted by molar-refractivity contribution is -0.155. The number of esters is 1. The molecule has 0 aromatic carbocycles. The van der Waals surface area contributed by atoms with Crippen molar-refractivity contribution in [3.8, 4) is 0 Å². The first-order valence-electron chi connectivity index (χ1n) is 13.0. The lowest BCUT2D eigenvalue weighted by atomic mass is 9.66. The molecule has 3 fully saturated rings. The summed E-state index contributed by atoms with van der Waals surface area (Å²) in [6.45, 7) is 16.5. The van der Waals surface area contributed by atoms with E-state index < -0.39 is 39.4 Å². The summed E-state index contributed by atoms with van der Waals surface area (Å²) < 4.78 is 4.29. The predicted molar refractivity (Wildman–Crippen MR) is 139 cm³/mol. The monoisotopic (exact) mass is 506 g/mol. The topological polar surface area (TPSA) is 87.1 Å². The van der Waals surface area contributed by atoms with Crippen LogP contribution in [0.3, 0.4) is 0 Å². The van der Waals surface area contributed by atoms with Crippen molar-refractivity contribution in [3.05, 3.63) is 25.3 Å². The van der Waals surface area contributed by atoms with Crippen molar-refractivity contribution in [1.82, 2.24) is 9.80 Å². The predicted octanol–water partition coefficient (Wildman–Crippen LogP) is 3.42. The highest BCUT2D eigenvalue weighted by Gasteiger charge is 2.78. The number of fused-ring (bicyclic) bond motifs is 1. The van der Waals surface area contributed by atoms with Gasteiger partial charge in [0.2, 0.25) is 11.8 Å². The first-order valence-corrected chi connectivity index (χ1v) is 13.8. The lowest BCUT2D eigenvalue weighted by Crippen LogP contribution is -2.58. The number of ether oxygens (including phenoxy) is 1. The summed E-state index contributed by atoms with van der Waals surface area (Å²) >= 11 is 1.63. The molecule has 7 nitrogen and oxygen atoms in total. The smallest absolute Gasteiger partial charge is 0.311 e. The molecule has 0 aromatic heterocycles. The van der Waals surface area contributed by atoms with Gasteiger partial charge in [-0.2, -0.15) is 0 Å². The minimum absolute atomic E-state index is 0.00178. The number of amides is 2. The van der Waals surface area contributed by atoms with Crippen LogP contribution in [-0.2, 0) is 19.1 Å². The number of rotatable bonds is 13. The highest BCUT2D eigenvalue weighted by atomic mass is 32.2. The summed E-state index contributed by atoms with van der Waals surface area (Å²) in [5.41, 5.74) is 0. The van der Waals surface area contributed by atoms with Gasteiger partial charge < -0.3 is 19.6 Å². The first kappa shape index (κ1) is 27.8. The minimum Gasteiger partial charge on any atom is -0.461 e. The average molecular weight is 507 g/mol. The number of nitrogens with zero attached hydrogens (tertiary/aromatic N) is 2. The van der Waals surface area contributed by atoms with Gasteiger partial charge in [0.05, 0.1) is 29.2 Å². The van der Waals surface area contributed by atoms with Crippen molar-refractivity contribution < 1.29 is 24.2 Å². The van der Waals surface area contributed by atoms with E-state index in [1.54, 1.807) is 27.6 Å². The van der Waals surface area contributed by atoms with Crippen LogP contribution < -0.4 is 0 Å². The summed E-state index contributed by atoms with van der Waals surface area (Å²) in [5, 5.41) is 10.4. The van der Waals surface area contributed by atoms with E-state index in [1.165, 1.54) is 6.08 Å². The third-order valence-electron chi connectivity index (χ3n) is 8.33. The van der Waals surface area contributed by atoms with Gasteiger partial charge in [0, 0.05) is 17.8 Å².